The molecule has 2 aromatic rings. The number of rotatable bonds is 5. The van der Waals surface area contributed by atoms with Gasteiger partial charge < -0.3 is 5.32 Å². The lowest BCUT2D eigenvalue weighted by atomic mass is 10.1. The van der Waals surface area contributed by atoms with Crippen molar-refractivity contribution in [3.63, 3.8) is 0 Å². The highest BCUT2D eigenvalue weighted by atomic mass is 35.5. The van der Waals surface area contributed by atoms with Gasteiger partial charge in [0.1, 0.15) is 6.29 Å². The molecule has 1 N–H and O–H groups in total. The molecule has 92 valence electrons. The van der Waals surface area contributed by atoms with E-state index in [0.29, 0.717) is 0 Å². The zero-order chi connectivity index (χ0) is 12.8. The second-order valence-electron chi connectivity index (χ2n) is 4.00. The Bertz CT molecular complexity index is 522. The van der Waals surface area contributed by atoms with E-state index in [1.54, 1.807) is 0 Å². The van der Waals surface area contributed by atoms with Crippen LogP contribution in [0.1, 0.15) is 15.9 Å². The highest BCUT2D eigenvalue weighted by Crippen LogP contribution is 2.14. The van der Waals surface area contributed by atoms with E-state index in [2.05, 4.69) is 5.32 Å². The Balaban J connectivity index is 1.92. The first-order valence-electron chi connectivity index (χ1n) is 5.82. The van der Waals surface area contributed by atoms with Crippen LogP contribution in [0.4, 0.5) is 5.69 Å². The van der Waals surface area contributed by atoms with Gasteiger partial charge in [-0.05, 0) is 36.2 Å². The molecule has 0 atom stereocenters. The molecule has 0 saturated carbocycles. The Morgan fingerprint density at radius 1 is 1.06 bits per heavy atom. The molecule has 2 rings (SSSR count). The Kier molecular flexibility index (Phi) is 4.37. The predicted molar refractivity (Wildman–Crippen MR) is 75.5 cm³/mol. The van der Waals surface area contributed by atoms with E-state index in [4.69, 9.17) is 11.6 Å². The van der Waals surface area contributed by atoms with E-state index in [9.17, 15) is 4.79 Å². The number of nitrogens with one attached hydrogen (secondary N) is 1. The van der Waals surface area contributed by atoms with Gasteiger partial charge in [-0.2, -0.15) is 0 Å². The average Bonchev–Trinajstić information content (AvgIpc) is 2.41. The first kappa shape index (κ1) is 12.7. The van der Waals surface area contributed by atoms with Gasteiger partial charge in [-0.3, -0.25) is 4.79 Å². The minimum Gasteiger partial charge on any atom is -0.385 e. The molecule has 2 aromatic carbocycles. The normalized spacial score (nSPS) is 10.1. The summed E-state index contributed by atoms with van der Waals surface area (Å²) in [6.45, 7) is 0.784. The molecule has 0 bridgehead atoms. The fourth-order valence-corrected chi connectivity index (χ4v) is 1.91. The molecule has 0 spiro atoms. The molecule has 0 aliphatic heterocycles. The first-order chi connectivity index (χ1) is 8.79. The minimum atomic E-state index is 0.729. The summed E-state index contributed by atoms with van der Waals surface area (Å²) in [6.07, 6.45) is 1.72. The predicted octanol–water partition coefficient (Wildman–Crippen LogP) is 3.81. The second kappa shape index (κ2) is 6.22. The topological polar surface area (TPSA) is 29.1 Å². The third kappa shape index (κ3) is 3.34. The molecule has 0 fully saturated rings. The lowest BCUT2D eigenvalue weighted by molar-refractivity contribution is 0.112. The van der Waals surface area contributed by atoms with Crippen LogP contribution in [0, 0.1) is 0 Å². The molecule has 0 aliphatic carbocycles. The van der Waals surface area contributed by atoms with Crippen LogP contribution in [0.3, 0.4) is 0 Å². The summed E-state index contributed by atoms with van der Waals surface area (Å²) < 4.78 is 0. The number of carbonyl (C=O) groups is 1. The smallest absolute Gasteiger partial charge is 0.150 e. The minimum absolute atomic E-state index is 0.729. The van der Waals surface area contributed by atoms with E-state index in [-0.39, 0.29) is 0 Å². The molecule has 0 unspecified atom stereocenters. The number of aldehydes is 1. The monoisotopic (exact) mass is 259 g/mol. The largest absolute Gasteiger partial charge is 0.385 e. The molecule has 0 heterocycles. The van der Waals surface area contributed by atoms with Crippen LogP contribution in [-0.4, -0.2) is 12.8 Å². The summed E-state index contributed by atoms with van der Waals surface area (Å²) in [5.74, 6) is 0. The van der Waals surface area contributed by atoms with Crippen molar-refractivity contribution in [3.8, 4) is 0 Å². The van der Waals surface area contributed by atoms with Gasteiger partial charge in [0.2, 0.25) is 0 Å². The van der Waals surface area contributed by atoms with Gasteiger partial charge >= 0.3 is 0 Å². The Morgan fingerprint density at radius 2 is 1.78 bits per heavy atom. The van der Waals surface area contributed by atoms with Crippen molar-refractivity contribution in [2.75, 3.05) is 11.9 Å². The number of hydrogen-bond donors (Lipinski definition) is 1. The summed E-state index contributed by atoms with van der Waals surface area (Å²) in [7, 11) is 0. The maximum atomic E-state index is 10.9. The first-order valence-corrected chi connectivity index (χ1v) is 6.20. The number of halogens is 1. The summed E-state index contributed by atoms with van der Waals surface area (Å²) in [5, 5.41) is 4.03. The standard InChI is InChI=1S/C15H14ClNO/c16-14-5-7-15(8-6-14)17-10-9-12-3-1-2-4-13(12)11-18/h1-8,11,17H,9-10H2. The third-order valence-electron chi connectivity index (χ3n) is 2.75. The molecule has 3 heteroatoms. The number of carbonyl (C=O) groups excluding carboxylic acids is 1. The number of benzene rings is 2. The number of anilines is 1. The van der Waals surface area contributed by atoms with Crippen molar-refractivity contribution >= 4 is 23.6 Å². The fraction of sp³-hybridized carbons (Fsp3) is 0.133. The molecule has 0 aliphatic rings. The average molecular weight is 260 g/mol. The highest BCUT2D eigenvalue weighted by molar-refractivity contribution is 6.30. The summed E-state index contributed by atoms with van der Waals surface area (Å²) in [5.41, 5.74) is 2.85. The SMILES string of the molecule is O=Cc1ccccc1CCNc1ccc(Cl)cc1. The molecule has 0 aromatic heterocycles. The summed E-state index contributed by atoms with van der Waals surface area (Å²) >= 11 is 5.81. The van der Waals surface area contributed by atoms with Gasteiger partial charge in [0.15, 0.2) is 0 Å². The van der Waals surface area contributed by atoms with Gasteiger partial charge in [0.25, 0.3) is 0 Å². The zero-order valence-corrected chi connectivity index (χ0v) is 10.7. The van der Waals surface area contributed by atoms with E-state index in [0.717, 1.165) is 41.1 Å². The van der Waals surface area contributed by atoms with Gasteiger partial charge in [-0.15, -0.1) is 0 Å². The third-order valence-corrected chi connectivity index (χ3v) is 3.00. The van der Waals surface area contributed by atoms with Crippen LogP contribution >= 0.6 is 11.6 Å². The lowest BCUT2D eigenvalue weighted by Gasteiger charge is -2.07. The Labute approximate surface area is 112 Å². The second-order valence-corrected chi connectivity index (χ2v) is 4.44. The van der Waals surface area contributed by atoms with Gasteiger partial charge in [-0.1, -0.05) is 35.9 Å². The van der Waals surface area contributed by atoms with Crippen molar-refractivity contribution in [2.45, 2.75) is 6.42 Å². The lowest BCUT2D eigenvalue weighted by Crippen LogP contribution is -2.06. The van der Waals surface area contributed by atoms with E-state index in [1.165, 1.54) is 0 Å². The van der Waals surface area contributed by atoms with Crippen LogP contribution in [0.2, 0.25) is 5.02 Å². The fourth-order valence-electron chi connectivity index (χ4n) is 1.79. The molecule has 0 amide bonds. The van der Waals surface area contributed by atoms with E-state index >= 15 is 0 Å². The van der Waals surface area contributed by atoms with Crippen LogP contribution in [0.5, 0.6) is 0 Å². The van der Waals surface area contributed by atoms with Crippen LogP contribution in [0.15, 0.2) is 48.5 Å². The molecule has 18 heavy (non-hydrogen) atoms. The molecule has 0 saturated heterocycles. The van der Waals surface area contributed by atoms with Crippen molar-refractivity contribution in [3.05, 3.63) is 64.7 Å². The van der Waals surface area contributed by atoms with Crippen molar-refractivity contribution in [1.29, 1.82) is 0 Å². The highest BCUT2D eigenvalue weighted by Gasteiger charge is 2.00. The molecular weight excluding hydrogens is 246 g/mol. The van der Waals surface area contributed by atoms with E-state index < -0.39 is 0 Å². The van der Waals surface area contributed by atoms with Crippen molar-refractivity contribution in [1.82, 2.24) is 0 Å². The van der Waals surface area contributed by atoms with Crippen LogP contribution in [-0.2, 0) is 6.42 Å². The van der Waals surface area contributed by atoms with Gasteiger partial charge in [0.05, 0.1) is 0 Å². The number of hydrogen-bond acceptors (Lipinski definition) is 2. The zero-order valence-electron chi connectivity index (χ0n) is 9.90. The molecule has 0 radical (unpaired) electrons. The Hall–Kier alpha value is -1.80. The van der Waals surface area contributed by atoms with Gasteiger partial charge in [0, 0.05) is 22.8 Å². The maximum Gasteiger partial charge on any atom is 0.150 e. The van der Waals surface area contributed by atoms with Gasteiger partial charge in [-0.25, -0.2) is 0 Å². The van der Waals surface area contributed by atoms with Crippen molar-refractivity contribution in [2.24, 2.45) is 0 Å². The summed E-state index contributed by atoms with van der Waals surface area (Å²) in [6, 6.07) is 15.2. The molecular formula is C15H14ClNO. The summed E-state index contributed by atoms with van der Waals surface area (Å²) in [4.78, 5) is 10.9. The van der Waals surface area contributed by atoms with Crippen LogP contribution in [0.25, 0.3) is 0 Å². The van der Waals surface area contributed by atoms with E-state index in [1.807, 2.05) is 48.5 Å². The Morgan fingerprint density at radius 3 is 2.50 bits per heavy atom. The van der Waals surface area contributed by atoms with Crippen molar-refractivity contribution < 1.29 is 4.79 Å². The molecule has 2 nitrogen and oxygen atoms in total. The quantitative estimate of drug-likeness (QED) is 0.828. The van der Waals surface area contributed by atoms with Crippen LogP contribution < -0.4 is 5.32 Å². The maximum absolute atomic E-state index is 10.9.